The van der Waals surface area contributed by atoms with Crippen molar-refractivity contribution in [1.82, 2.24) is 0 Å². The number of carboxylic acids is 1. The standard InChI is InChI=1S/C20H13FN2O4/c1-27-18-9-17(16(20(25)26)8-14(18)10-22)23-19(24)13-3-2-12-7-15(21)5-4-11(12)6-13/h2-9H,1H3,(H,23,24)(H,25,26). The molecule has 7 heteroatoms. The number of anilines is 1. The van der Waals surface area contributed by atoms with Gasteiger partial charge in [0.2, 0.25) is 0 Å². The molecule has 0 spiro atoms. The van der Waals surface area contributed by atoms with Gasteiger partial charge in [-0.3, -0.25) is 4.79 Å². The number of amides is 1. The molecule has 0 aliphatic heterocycles. The highest BCUT2D eigenvalue weighted by Crippen LogP contribution is 2.28. The Bertz CT molecular complexity index is 1120. The van der Waals surface area contributed by atoms with Gasteiger partial charge in [0, 0.05) is 11.6 Å². The van der Waals surface area contributed by atoms with E-state index in [0.29, 0.717) is 10.8 Å². The molecule has 0 saturated carbocycles. The number of carbonyl (C=O) groups is 2. The van der Waals surface area contributed by atoms with Crippen molar-refractivity contribution in [2.75, 3.05) is 12.4 Å². The maximum absolute atomic E-state index is 13.3. The van der Waals surface area contributed by atoms with Crippen LogP contribution in [0.25, 0.3) is 10.8 Å². The molecule has 0 saturated heterocycles. The van der Waals surface area contributed by atoms with Crippen molar-refractivity contribution >= 4 is 28.3 Å². The number of nitrogens with zero attached hydrogens (tertiary/aromatic N) is 1. The first-order valence-corrected chi connectivity index (χ1v) is 7.79. The molecule has 3 aromatic carbocycles. The Kier molecular flexibility index (Phi) is 4.73. The lowest BCUT2D eigenvalue weighted by atomic mass is 10.1. The second kappa shape index (κ2) is 7.14. The number of benzene rings is 3. The minimum Gasteiger partial charge on any atom is -0.495 e. The molecule has 1 amide bonds. The average molecular weight is 364 g/mol. The van der Waals surface area contributed by atoms with Crippen molar-refractivity contribution in [2.24, 2.45) is 0 Å². The van der Waals surface area contributed by atoms with Crippen molar-refractivity contribution in [1.29, 1.82) is 5.26 Å². The third kappa shape index (κ3) is 3.55. The van der Waals surface area contributed by atoms with E-state index in [1.165, 1.54) is 31.4 Å². The van der Waals surface area contributed by atoms with Gasteiger partial charge in [0.05, 0.1) is 23.9 Å². The van der Waals surface area contributed by atoms with Gasteiger partial charge in [-0.1, -0.05) is 12.1 Å². The van der Waals surface area contributed by atoms with Gasteiger partial charge in [-0.05, 0) is 41.1 Å². The quantitative estimate of drug-likeness (QED) is 0.733. The zero-order valence-corrected chi connectivity index (χ0v) is 14.1. The molecule has 0 aromatic heterocycles. The highest BCUT2D eigenvalue weighted by atomic mass is 19.1. The van der Waals surface area contributed by atoms with E-state index in [0.717, 1.165) is 6.07 Å². The van der Waals surface area contributed by atoms with Crippen LogP contribution in [0.2, 0.25) is 0 Å². The van der Waals surface area contributed by atoms with Crippen molar-refractivity contribution in [2.45, 2.75) is 0 Å². The van der Waals surface area contributed by atoms with Gasteiger partial charge in [0.25, 0.3) is 5.91 Å². The van der Waals surface area contributed by atoms with Gasteiger partial charge in [-0.15, -0.1) is 0 Å². The molecule has 3 aromatic rings. The van der Waals surface area contributed by atoms with Crippen molar-refractivity contribution < 1.29 is 23.8 Å². The second-order valence-electron chi connectivity index (χ2n) is 5.68. The van der Waals surface area contributed by atoms with Gasteiger partial charge >= 0.3 is 5.97 Å². The van der Waals surface area contributed by atoms with Crippen LogP contribution in [0.4, 0.5) is 10.1 Å². The summed E-state index contributed by atoms with van der Waals surface area (Å²) in [4.78, 5) is 24.0. The Hall–Kier alpha value is -3.92. The fraction of sp³-hybridized carbons (Fsp3) is 0.0500. The van der Waals surface area contributed by atoms with Crippen LogP contribution in [0.5, 0.6) is 5.75 Å². The molecule has 0 atom stereocenters. The minimum atomic E-state index is -1.29. The van der Waals surface area contributed by atoms with Gasteiger partial charge in [-0.25, -0.2) is 9.18 Å². The van der Waals surface area contributed by atoms with E-state index in [4.69, 9.17) is 10.00 Å². The zero-order valence-electron chi connectivity index (χ0n) is 14.1. The third-order valence-corrected chi connectivity index (χ3v) is 4.00. The zero-order chi connectivity index (χ0) is 19.6. The molecule has 0 radical (unpaired) electrons. The van der Waals surface area contributed by atoms with E-state index >= 15 is 0 Å². The lowest BCUT2D eigenvalue weighted by molar-refractivity contribution is 0.0698. The van der Waals surface area contributed by atoms with Gasteiger partial charge < -0.3 is 15.2 Å². The van der Waals surface area contributed by atoms with E-state index in [1.807, 2.05) is 6.07 Å². The first-order chi connectivity index (χ1) is 12.9. The largest absolute Gasteiger partial charge is 0.495 e. The van der Waals surface area contributed by atoms with Crippen LogP contribution >= 0.6 is 0 Å². The molecule has 0 aliphatic rings. The van der Waals surface area contributed by atoms with Crippen LogP contribution in [-0.2, 0) is 0 Å². The van der Waals surface area contributed by atoms with E-state index in [-0.39, 0.29) is 33.9 Å². The molecular weight excluding hydrogens is 351 g/mol. The number of carboxylic acid groups (broad SMARTS) is 1. The molecule has 27 heavy (non-hydrogen) atoms. The Labute approximate surface area is 153 Å². The summed E-state index contributed by atoms with van der Waals surface area (Å²) < 4.78 is 18.3. The number of hydrogen-bond donors (Lipinski definition) is 2. The monoisotopic (exact) mass is 364 g/mol. The van der Waals surface area contributed by atoms with Crippen LogP contribution in [0.3, 0.4) is 0 Å². The number of nitrogens with one attached hydrogen (secondary N) is 1. The molecule has 134 valence electrons. The summed E-state index contributed by atoms with van der Waals surface area (Å²) in [6.45, 7) is 0. The molecule has 6 nitrogen and oxygen atoms in total. The minimum absolute atomic E-state index is 0.00236. The molecule has 0 aliphatic carbocycles. The van der Waals surface area contributed by atoms with E-state index in [2.05, 4.69) is 5.32 Å². The topological polar surface area (TPSA) is 99.4 Å². The molecule has 0 bridgehead atoms. The molecule has 0 heterocycles. The summed E-state index contributed by atoms with van der Waals surface area (Å²) in [7, 11) is 1.34. The highest BCUT2D eigenvalue weighted by Gasteiger charge is 2.18. The fourth-order valence-corrected chi connectivity index (χ4v) is 2.67. The summed E-state index contributed by atoms with van der Waals surface area (Å²) in [5.41, 5.74) is 0.0838. The normalized spacial score (nSPS) is 10.3. The molecule has 2 N–H and O–H groups in total. The predicted molar refractivity (Wildman–Crippen MR) is 96.5 cm³/mol. The van der Waals surface area contributed by atoms with Crippen LogP contribution in [0, 0.1) is 17.1 Å². The molecule has 0 fully saturated rings. The average Bonchev–Trinajstić information content (AvgIpc) is 2.66. The number of halogens is 1. The van der Waals surface area contributed by atoms with Crippen LogP contribution in [0.15, 0.2) is 48.5 Å². The predicted octanol–water partition coefficient (Wildman–Crippen LogP) is 3.81. The summed E-state index contributed by atoms with van der Waals surface area (Å²) in [5, 5.41) is 22.3. The Morgan fingerprint density at radius 3 is 2.48 bits per heavy atom. The van der Waals surface area contributed by atoms with Crippen LogP contribution in [0.1, 0.15) is 26.3 Å². The SMILES string of the molecule is COc1cc(NC(=O)c2ccc3cc(F)ccc3c2)c(C(=O)O)cc1C#N. The molecular formula is C20H13FN2O4. The first kappa shape index (κ1) is 17.9. The number of hydrogen-bond acceptors (Lipinski definition) is 4. The maximum atomic E-state index is 13.3. The number of fused-ring (bicyclic) bond motifs is 1. The van der Waals surface area contributed by atoms with Gasteiger partial charge in [0.1, 0.15) is 17.6 Å². The fourth-order valence-electron chi connectivity index (χ4n) is 2.67. The number of nitriles is 1. The van der Waals surface area contributed by atoms with Gasteiger partial charge in [0.15, 0.2) is 0 Å². The second-order valence-corrected chi connectivity index (χ2v) is 5.68. The number of ether oxygens (including phenoxy) is 1. The molecule has 0 unspecified atom stereocenters. The summed E-state index contributed by atoms with van der Waals surface area (Å²) in [5.74, 6) is -2.07. The van der Waals surface area contributed by atoms with E-state index in [9.17, 15) is 19.1 Å². The summed E-state index contributed by atoms with van der Waals surface area (Å²) in [6, 6.07) is 13.2. The summed E-state index contributed by atoms with van der Waals surface area (Å²) >= 11 is 0. The summed E-state index contributed by atoms with van der Waals surface area (Å²) in [6.07, 6.45) is 0. The number of carbonyl (C=O) groups excluding carboxylic acids is 1. The first-order valence-electron chi connectivity index (χ1n) is 7.79. The number of methoxy groups -OCH3 is 1. The Morgan fingerprint density at radius 2 is 1.81 bits per heavy atom. The van der Waals surface area contributed by atoms with E-state index in [1.54, 1.807) is 18.2 Å². The molecule has 3 rings (SSSR count). The lowest BCUT2D eigenvalue weighted by Crippen LogP contribution is -2.15. The van der Waals surface area contributed by atoms with Crippen molar-refractivity contribution in [3.05, 3.63) is 71.0 Å². The van der Waals surface area contributed by atoms with Crippen molar-refractivity contribution in [3.63, 3.8) is 0 Å². The van der Waals surface area contributed by atoms with Crippen molar-refractivity contribution in [3.8, 4) is 11.8 Å². The Morgan fingerprint density at radius 1 is 1.11 bits per heavy atom. The number of rotatable bonds is 4. The van der Waals surface area contributed by atoms with Crippen LogP contribution in [-0.4, -0.2) is 24.1 Å². The highest BCUT2D eigenvalue weighted by molar-refractivity contribution is 6.09. The van der Waals surface area contributed by atoms with Gasteiger partial charge in [-0.2, -0.15) is 5.26 Å². The van der Waals surface area contributed by atoms with Crippen LogP contribution < -0.4 is 10.1 Å². The smallest absolute Gasteiger partial charge is 0.337 e. The number of aromatic carboxylic acids is 1. The third-order valence-electron chi connectivity index (χ3n) is 4.00. The lowest BCUT2D eigenvalue weighted by Gasteiger charge is -2.12. The van der Waals surface area contributed by atoms with E-state index < -0.39 is 11.9 Å². The Balaban J connectivity index is 1.99. The maximum Gasteiger partial charge on any atom is 0.337 e.